The van der Waals surface area contributed by atoms with Gasteiger partial charge >= 0.3 is 0 Å². The Labute approximate surface area is 129 Å². The number of furan rings is 1. The maximum absolute atomic E-state index is 5.71. The van der Waals surface area contributed by atoms with Crippen molar-refractivity contribution in [2.45, 2.75) is 58.8 Å². The molecule has 1 saturated heterocycles. The Bertz CT molecular complexity index is 408. The first-order valence-corrected chi connectivity index (χ1v) is 8.31. The molecule has 0 aliphatic carbocycles. The van der Waals surface area contributed by atoms with Crippen molar-refractivity contribution in [1.82, 2.24) is 15.1 Å². The largest absolute Gasteiger partial charge is 0.468 e. The maximum atomic E-state index is 5.71. The van der Waals surface area contributed by atoms with Gasteiger partial charge in [0.2, 0.25) is 0 Å². The minimum atomic E-state index is 0.504. The van der Waals surface area contributed by atoms with Crippen molar-refractivity contribution in [3.8, 4) is 0 Å². The molecule has 0 amide bonds. The Morgan fingerprint density at radius 3 is 2.71 bits per heavy atom. The van der Waals surface area contributed by atoms with E-state index >= 15 is 0 Å². The second kappa shape index (κ2) is 7.97. The van der Waals surface area contributed by atoms with Gasteiger partial charge in [0.05, 0.1) is 12.8 Å². The smallest absolute Gasteiger partial charge is 0.122 e. The van der Waals surface area contributed by atoms with Crippen LogP contribution in [-0.2, 0) is 13.1 Å². The lowest BCUT2D eigenvalue weighted by atomic mass is 10.0. The monoisotopic (exact) mass is 293 g/mol. The van der Waals surface area contributed by atoms with Crippen LogP contribution in [-0.4, -0.2) is 48.6 Å². The van der Waals surface area contributed by atoms with Crippen molar-refractivity contribution in [3.05, 3.63) is 23.7 Å². The summed E-state index contributed by atoms with van der Waals surface area (Å²) in [7, 11) is 2.23. The topological polar surface area (TPSA) is 31.6 Å². The van der Waals surface area contributed by atoms with Crippen LogP contribution in [0.5, 0.6) is 0 Å². The molecule has 0 bridgehead atoms. The van der Waals surface area contributed by atoms with Gasteiger partial charge < -0.3 is 14.6 Å². The van der Waals surface area contributed by atoms with E-state index in [0.717, 1.165) is 18.8 Å². The zero-order valence-corrected chi connectivity index (χ0v) is 14.1. The zero-order chi connectivity index (χ0) is 15.2. The zero-order valence-electron chi connectivity index (χ0n) is 14.1. The summed E-state index contributed by atoms with van der Waals surface area (Å²) in [6.45, 7) is 12.0. The van der Waals surface area contributed by atoms with Gasteiger partial charge in [0, 0.05) is 24.2 Å². The van der Waals surface area contributed by atoms with Gasteiger partial charge in [-0.2, -0.15) is 0 Å². The Kier molecular flexibility index (Phi) is 6.27. The van der Waals surface area contributed by atoms with E-state index in [4.69, 9.17) is 4.42 Å². The van der Waals surface area contributed by atoms with Gasteiger partial charge in [0.25, 0.3) is 0 Å². The summed E-state index contributed by atoms with van der Waals surface area (Å²) in [4.78, 5) is 5.00. The molecule has 1 N–H and O–H groups in total. The van der Waals surface area contributed by atoms with Gasteiger partial charge in [0.1, 0.15) is 5.76 Å². The van der Waals surface area contributed by atoms with E-state index in [0.29, 0.717) is 12.1 Å². The molecule has 2 heterocycles. The summed E-state index contributed by atoms with van der Waals surface area (Å²) in [6.07, 6.45) is 4.36. The predicted octanol–water partition coefficient (Wildman–Crippen LogP) is 2.69. The fraction of sp³-hybridized carbons (Fsp3) is 0.765. The molecule has 4 heteroatoms. The lowest BCUT2D eigenvalue weighted by Crippen LogP contribution is -2.43. The molecule has 2 rings (SSSR count). The highest BCUT2D eigenvalue weighted by Gasteiger charge is 2.22. The molecule has 0 saturated carbocycles. The molecule has 1 aromatic rings. The summed E-state index contributed by atoms with van der Waals surface area (Å²) in [6, 6.07) is 3.28. The third-order valence-corrected chi connectivity index (χ3v) is 4.56. The molecule has 1 aliphatic heterocycles. The van der Waals surface area contributed by atoms with Gasteiger partial charge in [-0.1, -0.05) is 20.8 Å². The molecule has 1 aliphatic rings. The highest BCUT2D eigenvalue weighted by Crippen LogP contribution is 2.19. The Morgan fingerprint density at radius 2 is 2.10 bits per heavy atom. The van der Waals surface area contributed by atoms with Gasteiger partial charge in [-0.15, -0.1) is 0 Å². The average Bonchev–Trinajstić information content (AvgIpc) is 2.92. The van der Waals surface area contributed by atoms with Crippen molar-refractivity contribution >= 4 is 0 Å². The fourth-order valence-electron chi connectivity index (χ4n) is 3.01. The second-order valence-corrected chi connectivity index (χ2v) is 6.49. The Balaban J connectivity index is 1.85. The van der Waals surface area contributed by atoms with Gasteiger partial charge in [-0.3, -0.25) is 4.90 Å². The van der Waals surface area contributed by atoms with Crippen molar-refractivity contribution in [2.75, 3.05) is 26.7 Å². The van der Waals surface area contributed by atoms with Crippen LogP contribution >= 0.6 is 0 Å². The third kappa shape index (κ3) is 4.83. The van der Waals surface area contributed by atoms with Crippen LogP contribution in [0.25, 0.3) is 0 Å². The SMILES string of the molecule is CCN1CCC(N(C)Cc2occc2CNC(C)C)CC1. The highest BCUT2D eigenvalue weighted by molar-refractivity contribution is 5.17. The van der Waals surface area contributed by atoms with Crippen LogP contribution in [0, 0.1) is 0 Å². The van der Waals surface area contributed by atoms with Crippen molar-refractivity contribution in [1.29, 1.82) is 0 Å². The van der Waals surface area contributed by atoms with E-state index in [1.165, 1.54) is 38.0 Å². The lowest BCUT2D eigenvalue weighted by Gasteiger charge is -2.36. The Morgan fingerprint density at radius 1 is 1.38 bits per heavy atom. The van der Waals surface area contributed by atoms with Crippen LogP contribution in [0.2, 0.25) is 0 Å². The molecule has 1 fully saturated rings. The second-order valence-electron chi connectivity index (χ2n) is 6.49. The van der Waals surface area contributed by atoms with Crippen molar-refractivity contribution < 1.29 is 4.42 Å². The predicted molar refractivity (Wildman–Crippen MR) is 87.3 cm³/mol. The molecular weight excluding hydrogens is 262 g/mol. The number of nitrogens with one attached hydrogen (secondary N) is 1. The molecule has 0 unspecified atom stereocenters. The minimum absolute atomic E-state index is 0.504. The summed E-state index contributed by atoms with van der Waals surface area (Å²) in [5.74, 6) is 1.11. The molecule has 4 nitrogen and oxygen atoms in total. The summed E-state index contributed by atoms with van der Waals surface area (Å²) < 4.78 is 5.71. The first-order valence-electron chi connectivity index (χ1n) is 8.31. The third-order valence-electron chi connectivity index (χ3n) is 4.56. The highest BCUT2D eigenvalue weighted by atomic mass is 16.3. The van der Waals surface area contributed by atoms with E-state index in [2.05, 4.69) is 49.0 Å². The standard InChI is InChI=1S/C17H31N3O/c1-5-20-9-6-16(7-10-20)19(4)13-17-15(8-11-21-17)12-18-14(2)3/h8,11,14,16,18H,5-7,9-10,12-13H2,1-4H3. The quantitative estimate of drug-likeness (QED) is 0.837. The average molecular weight is 293 g/mol. The van der Waals surface area contributed by atoms with E-state index < -0.39 is 0 Å². The molecule has 1 aromatic heterocycles. The van der Waals surface area contributed by atoms with Gasteiger partial charge in [-0.25, -0.2) is 0 Å². The summed E-state index contributed by atoms with van der Waals surface area (Å²) in [5.41, 5.74) is 1.29. The number of likely N-dealkylation sites (tertiary alicyclic amines) is 1. The molecule has 0 radical (unpaired) electrons. The van der Waals surface area contributed by atoms with Gasteiger partial charge in [-0.05, 0) is 45.6 Å². The molecule has 21 heavy (non-hydrogen) atoms. The lowest BCUT2D eigenvalue weighted by molar-refractivity contribution is 0.121. The first kappa shape index (κ1) is 16.5. The van der Waals surface area contributed by atoms with Crippen LogP contribution < -0.4 is 5.32 Å². The summed E-state index contributed by atoms with van der Waals surface area (Å²) >= 11 is 0. The first-order chi connectivity index (χ1) is 10.1. The van der Waals surface area contributed by atoms with E-state index in [1.54, 1.807) is 0 Å². The van der Waals surface area contributed by atoms with Crippen molar-refractivity contribution in [3.63, 3.8) is 0 Å². The molecule has 0 atom stereocenters. The minimum Gasteiger partial charge on any atom is -0.468 e. The van der Waals surface area contributed by atoms with Crippen LogP contribution in [0.4, 0.5) is 0 Å². The fourth-order valence-corrected chi connectivity index (χ4v) is 3.01. The van der Waals surface area contributed by atoms with Gasteiger partial charge in [0.15, 0.2) is 0 Å². The normalized spacial score (nSPS) is 18.0. The molecule has 0 spiro atoms. The number of rotatable bonds is 7. The Hall–Kier alpha value is -0.840. The molecule has 120 valence electrons. The number of nitrogens with zero attached hydrogens (tertiary/aromatic N) is 2. The van der Waals surface area contributed by atoms with Crippen molar-refractivity contribution in [2.24, 2.45) is 0 Å². The van der Waals surface area contributed by atoms with E-state index in [-0.39, 0.29) is 0 Å². The van der Waals surface area contributed by atoms with Crippen LogP contribution in [0.1, 0.15) is 44.9 Å². The number of hydrogen-bond donors (Lipinski definition) is 1. The van der Waals surface area contributed by atoms with E-state index in [9.17, 15) is 0 Å². The number of hydrogen-bond acceptors (Lipinski definition) is 4. The molecule has 0 aromatic carbocycles. The molecular formula is C17H31N3O. The van der Waals surface area contributed by atoms with Crippen LogP contribution in [0.15, 0.2) is 16.7 Å². The maximum Gasteiger partial charge on any atom is 0.122 e. The van der Waals surface area contributed by atoms with Crippen LogP contribution in [0.3, 0.4) is 0 Å². The summed E-state index contributed by atoms with van der Waals surface area (Å²) in [5, 5.41) is 3.47. The number of piperidine rings is 1. The van der Waals surface area contributed by atoms with E-state index in [1.807, 2.05) is 6.26 Å².